The fourth-order valence-corrected chi connectivity index (χ4v) is 7.35. The van der Waals surface area contributed by atoms with Crippen LogP contribution in [0, 0.1) is 6.92 Å². The van der Waals surface area contributed by atoms with Crippen molar-refractivity contribution in [3.8, 4) is 11.4 Å². The molecule has 2 aromatic heterocycles. The molecule has 40 heavy (non-hydrogen) atoms. The monoisotopic (exact) mass is 603 g/mol. The number of methoxy groups -OCH3 is 1. The van der Waals surface area contributed by atoms with Crippen LogP contribution in [-0.2, 0) is 26.2 Å². The number of nitrogens with zero attached hydrogens (tertiary/aromatic N) is 4. The maximum Gasteiger partial charge on any atom is 0.245 e. The second-order valence-electron chi connectivity index (χ2n) is 9.33. The van der Waals surface area contributed by atoms with Gasteiger partial charge in [0.1, 0.15) is 28.8 Å². The van der Waals surface area contributed by atoms with Crippen molar-refractivity contribution in [3.05, 3.63) is 76.4 Å². The Labute approximate surface area is 241 Å². The third-order valence-corrected chi connectivity index (χ3v) is 9.72. The van der Waals surface area contributed by atoms with Crippen molar-refractivity contribution in [2.75, 3.05) is 20.7 Å². The molecule has 2 atom stereocenters. The number of aromatic nitrogens is 3. The molecule has 0 saturated carbocycles. The van der Waals surface area contributed by atoms with E-state index in [9.17, 15) is 13.2 Å². The van der Waals surface area contributed by atoms with Gasteiger partial charge in [0.05, 0.1) is 23.1 Å². The number of carbonyl (C=O) groups is 1. The van der Waals surface area contributed by atoms with Gasteiger partial charge in [-0.25, -0.2) is 18.4 Å². The number of para-hydroxylation sites is 1. The zero-order valence-corrected chi connectivity index (χ0v) is 24.3. The maximum absolute atomic E-state index is 13.8. The predicted molar refractivity (Wildman–Crippen MR) is 152 cm³/mol. The molecule has 10 nitrogen and oxygen atoms in total. The molecular formula is C27H27Cl2N5O5S. The van der Waals surface area contributed by atoms with Gasteiger partial charge in [0.2, 0.25) is 15.9 Å². The lowest BCUT2D eigenvalue weighted by atomic mass is 10.1. The summed E-state index contributed by atoms with van der Waals surface area (Å²) in [4.78, 5) is 21.2. The summed E-state index contributed by atoms with van der Waals surface area (Å²) in [5.41, 5.74) is 2.59. The normalized spacial score (nSPS) is 17.8. The highest BCUT2D eigenvalue weighted by Crippen LogP contribution is 2.37. The van der Waals surface area contributed by atoms with Crippen LogP contribution in [-0.4, -0.2) is 66.0 Å². The van der Waals surface area contributed by atoms with Gasteiger partial charge in [0.25, 0.3) is 0 Å². The minimum atomic E-state index is -4.18. The molecule has 1 N–H and O–H groups in total. The van der Waals surface area contributed by atoms with E-state index in [4.69, 9.17) is 32.7 Å². The summed E-state index contributed by atoms with van der Waals surface area (Å²) in [6, 6.07) is 9.37. The molecule has 1 fully saturated rings. The van der Waals surface area contributed by atoms with Crippen LogP contribution in [0.2, 0.25) is 10.0 Å². The topological polar surface area (TPSA) is 116 Å². The first-order valence-corrected chi connectivity index (χ1v) is 14.6. The highest BCUT2D eigenvalue weighted by molar-refractivity contribution is 7.89. The minimum absolute atomic E-state index is 0.0159. The average Bonchev–Trinajstić information content (AvgIpc) is 3.63. The Morgan fingerprint density at radius 3 is 2.73 bits per heavy atom. The van der Waals surface area contributed by atoms with Crippen molar-refractivity contribution in [2.45, 2.75) is 37.0 Å². The molecule has 1 saturated heterocycles. The molecule has 13 heteroatoms. The van der Waals surface area contributed by atoms with Crippen LogP contribution >= 0.6 is 23.2 Å². The largest absolute Gasteiger partial charge is 0.487 e. The number of rotatable bonds is 8. The number of pyridine rings is 1. The number of hydrogen-bond acceptors (Lipinski definition) is 7. The smallest absolute Gasteiger partial charge is 0.245 e. The number of ether oxygens (including phenoxy) is 2. The lowest BCUT2D eigenvalue weighted by Crippen LogP contribution is -2.44. The van der Waals surface area contributed by atoms with Gasteiger partial charge in [-0.1, -0.05) is 35.3 Å². The molecule has 2 aromatic carbocycles. The molecule has 2 unspecified atom stereocenters. The molecule has 3 heterocycles. The van der Waals surface area contributed by atoms with Gasteiger partial charge >= 0.3 is 0 Å². The van der Waals surface area contributed by atoms with E-state index < -0.39 is 28.1 Å². The molecule has 1 aliphatic heterocycles. The first-order chi connectivity index (χ1) is 19.1. The fraction of sp³-hybridized carbons (Fsp3) is 0.296. The second-order valence-corrected chi connectivity index (χ2v) is 12.0. The molecule has 210 valence electrons. The number of nitrogens with one attached hydrogen (secondary N) is 1. The molecule has 1 amide bonds. The number of amides is 1. The zero-order valence-electron chi connectivity index (χ0n) is 22.0. The predicted octanol–water partition coefficient (Wildman–Crippen LogP) is 4.14. The average molecular weight is 605 g/mol. The Morgan fingerprint density at radius 2 is 2.02 bits per heavy atom. The number of halogens is 2. The molecule has 4 aromatic rings. The van der Waals surface area contributed by atoms with Crippen LogP contribution in [0.25, 0.3) is 16.6 Å². The van der Waals surface area contributed by atoms with E-state index in [0.29, 0.717) is 16.8 Å². The van der Waals surface area contributed by atoms with Crippen LogP contribution in [0.1, 0.15) is 17.7 Å². The number of carbonyl (C=O) groups excluding carboxylic acids is 1. The summed E-state index contributed by atoms with van der Waals surface area (Å²) in [6.45, 7) is 1.79. The number of fused-ring (bicyclic) bond motifs is 1. The highest BCUT2D eigenvalue weighted by atomic mass is 35.5. The lowest BCUT2D eigenvalue weighted by molar-refractivity contribution is -0.123. The van der Waals surface area contributed by atoms with E-state index in [-0.39, 0.29) is 34.5 Å². The Morgan fingerprint density at radius 1 is 1.23 bits per heavy atom. The van der Waals surface area contributed by atoms with Crippen LogP contribution in [0.3, 0.4) is 0 Å². The van der Waals surface area contributed by atoms with Crippen molar-refractivity contribution >= 4 is 50.0 Å². The van der Waals surface area contributed by atoms with Crippen molar-refractivity contribution in [1.29, 1.82) is 0 Å². The number of benzene rings is 2. The van der Waals surface area contributed by atoms with E-state index >= 15 is 0 Å². The van der Waals surface area contributed by atoms with Gasteiger partial charge in [-0.05, 0) is 31.2 Å². The Kier molecular flexibility index (Phi) is 8.03. The Bertz CT molecular complexity index is 1680. The first-order valence-electron chi connectivity index (χ1n) is 12.4. The molecule has 0 bridgehead atoms. The number of aryl methyl sites for hydroxylation is 1. The van der Waals surface area contributed by atoms with E-state index in [0.717, 1.165) is 21.1 Å². The van der Waals surface area contributed by atoms with Crippen LogP contribution < -0.4 is 10.1 Å². The summed E-state index contributed by atoms with van der Waals surface area (Å²) in [5, 5.41) is 3.53. The molecular weight excluding hydrogens is 577 g/mol. The third-order valence-electron chi connectivity index (χ3n) is 6.90. The van der Waals surface area contributed by atoms with E-state index in [1.165, 1.54) is 26.3 Å². The summed E-state index contributed by atoms with van der Waals surface area (Å²) in [5.74, 6) is 0.0516. The van der Waals surface area contributed by atoms with Crippen LogP contribution in [0.4, 0.5) is 0 Å². The van der Waals surface area contributed by atoms with Gasteiger partial charge in [0.15, 0.2) is 0 Å². The number of imidazole rings is 1. The SMILES string of the molecule is CNC(=O)C1CC(OC)CN1S(=O)(=O)c1ccc(Cl)c(COc2cccc3c(-n4ccnc4)cc(C)nc23)c1Cl. The number of likely N-dealkylation sites (N-methyl/N-ethyl adjacent to an activating group) is 1. The maximum atomic E-state index is 13.8. The minimum Gasteiger partial charge on any atom is -0.487 e. The van der Waals surface area contributed by atoms with E-state index in [1.807, 2.05) is 35.9 Å². The Hall–Kier alpha value is -3.22. The molecule has 5 rings (SSSR count). The quantitative estimate of drug-likeness (QED) is 0.322. The number of sulfonamides is 1. The molecule has 0 radical (unpaired) electrons. The second kappa shape index (κ2) is 11.3. The van der Waals surface area contributed by atoms with Crippen LogP contribution in [0.5, 0.6) is 5.75 Å². The van der Waals surface area contributed by atoms with Crippen molar-refractivity contribution in [3.63, 3.8) is 0 Å². The van der Waals surface area contributed by atoms with Gasteiger partial charge in [-0.2, -0.15) is 4.31 Å². The van der Waals surface area contributed by atoms with Gasteiger partial charge in [0, 0.05) is 61.2 Å². The van der Waals surface area contributed by atoms with Gasteiger partial charge in [-0.3, -0.25) is 4.79 Å². The highest BCUT2D eigenvalue weighted by Gasteiger charge is 2.44. The first kappa shape index (κ1) is 28.3. The van der Waals surface area contributed by atoms with Crippen molar-refractivity contribution in [1.82, 2.24) is 24.2 Å². The summed E-state index contributed by atoms with van der Waals surface area (Å²) in [6.07, 6.45) is 5.04. The van der Waals surface area contributed by atoms with E-state index in [1.54, 1.807) is 18.6 Å². The molecule has 0 spiro atoms. The fourth-order valence-electron chi connectivity index (χ4n) is 4.85. The zero-order chi connectivity index (χ0) is 28.6. The van der Waals surface area contributed by atoms with Gasteiger partial charge in [-0.15, -0.1) is 0 Å². The van der Waals surface area contributed by atoms with Crippen molar-refractivity contribution < 1.29 is 22.7 Å². The Balaban J connectivity index is 1.49. The van der Waals surface area contributed by atoms with Crippen LogP contribution in [0.15, 0.2) is 60.0 Å². The molecule has 1 aliphatic rings. The standard InChI is InChI=1S/C27H27Cl2N5O5S/c1-16-11-21(33-10-9-31-15-33)18-5-4-6-23(26(18)32-16)39-14-19-20(28)7-8-24(25(19)29)40(36,37)34-13-17(38-3)12-22(34)27(35)30-2/h4-11,15,17,22H,12-14H2,1-3H3,(H,30,35). The summed E-state index contributed by atoms with van der Waals surface area (Å²) >= 11 is 13.2. The third kappa shape index (κ3) is 5.15. The molecule has 0 aliphatic carbocycles. The van der Waals surface area contributed by atoms with E-state index in [2.05, 4.69) is 15.3 Å². The summed E-state index contributed by atoms with van der Waals surface area (Å²) < 4.78 is 42.0. The van der Waals surface area contributed by atoms with Gasteiger partial charge < -0.3 is 19.4 Å². The summed E-state index contributed by atoms with van der Waals surface area (Å²) in [7, 11) is -1.25. The van der Waals surface area contributed by atoms with Crippen molar-refractivity contribution in [2.24, 2.45) is 0 Å². The lowest BCUT2D eigenvalue weighted by Gasteiger charge is -2.24. The number of hydrogen-bond donors (Lipinski definition) is 1.